The van der Waals surface area contributed by atoms with Crippen LogP contribution in [0.1, 0.15) is 25.3 Å². The van der Waals surface area contributed by atoms with E-state index < -0.39 is 0 Å². The second kappa shape index (κ2) is 5.06. The number of fused-ring (bicyclic) bond motifs is 1. The maximum absolute atomic E-state index is 12.7. The standard InChI is InChI=1S/C16H19NOS/c1-2-16(7-8-17-11-16)15(18)9-12-10-19-14-6-4-3-5-13(12)14/h3-6,10,17H,2,7-9,11H2,1H3. The van der Waals surface area contributed by atoms with Gasteiger partial charge in [-0.05, 0) is 41.8 Å². The second-order valence-corrected chi connectivity index (χ2v) is 6.33. The van der Waals surface area contributed by atoms with Gasteiger partial charge in [-0.1, -0.05) is 25.1 Å². The molecule has 100 valence electrons. The number of ketones is 1. The summed E-state index contributed by atoms with van der Waals surface area (Å²) in [4.78, 5) is 12.7. The van der Waals surface area contributed by atoms with Gasteiger partial charge in [0.05, 0.1) is 0 Å². The SMILES string of the molecule is CCC1(C(=O)Cc2csc3ccccc23)CCNC1. The van der Waals surface area contributed by atoms with Gasteiger partial charge < -0.3 is 5.32 Å². The Labute approximate surface area is 117 Å². The first-order valence-corrected chi connectivity index (χ1v) is 7.82. The zero-order valence-corrected chi connectivity index (χ0v) is 12.1. The first kappa shape index (κ1) is 12.8. The van der Waals surface area contributed by atoms with Gasteiger partial charge in [0.25, 0.3) is 0 Å². The molecule has 1 saturated heterocycles. The monoisotopic (exact) mass is 273 g/mol. The van der Waals surface area contributed by atoms with Crippen LogP contribution in [0.25, 0.3) is 10.1 Å². The lowest BCUT2D eigenvalue weighted by atomic mass is 9.78. The van der Waals surface area contributed by atoms with Gasteiger partial charge in [-0.2, -0.15) is 0 Å². The molecule has 3 rings (SSSR count). The molecular weight excluding hydrogens is 254 g/mol. The summed E-state index contributed by atoms with van der Waals surface area (Å²) < 4.78 is 1.28. The Bertz CT molecular complexity index is 596. The summed E-state index contributed by atoms with van der Waals surface area (Å²) in [6, 6.07) is 8.36. The van der Waals surface area contributed by atoms with Gasteiger partial charge in [-0.25, -0.2) is 0 Å². The molecule has 0 saturated carbocycles. The summed E-state index contributed by atoms with van der Waals surface area (Å²) in [6.07, 6.45) is 2.52. The van der Waals surface area contributed by atoms with Crippen molar-refractivity contribution >= 4 is 27.2 Å². The van der Waals surface area contributed by atoms with Gasteiger partial charge in [0.2, 0.25) is 0 Å². The Morgan fingerprint density at radius 1 is 1.42 bits per heavy atom. The number of carbonyl (C=O) groups excluding carboxylic acids is 1. The van der Waals surface area contributed by atoms with Gasteiger partial charge in [-0.3, -0.25) is 4.79 Å². The van der Waals surface area contributed by atoms with Crippen LogP contribution < -0.4 is 5.32 Å². The minimum atomic E-state index is -0.122. The predicted octanol–water partition coefficient (Wildman–Crippen LogP) is 3.40. The minimum absolute atomic E-state index is 0.122. The van der Waals surface area contributed by atoms with Crippen LogP contribution in [0, 0.1) is 5.41 Å². The number of benzene rings is 1. The van der Waals surface area contributed by atoms with Crippen LogP contribution in [0.3, 0.4) is 0 Å². The summed E-state index contributed by atoms with van der Waals surface area (Å²) in [5.74, 6) is 0.406. The van der Waals surface area contributed by atoms with Crippen molar-refractivity contribution in [1.82, 2.24) is 5.32 Å². The average molecular weight is 273 g/mol. The van der Waals surface area contributed by atoms with Gasteiger partial charge in [0.15, 0.2) is 0 Å². The van der Waals surface area contributed by atoms with Crippen LogP contribution in [0.5, 0.6) is 0 Å². The fourth-order valence-electron chi connectivity index (χ4n) is 3.01. The molecule has 2 nitrogen and oxygen atoms in total. The fourth-order valence-corrected chi connectivity index (χ4v) is 3.97. The Kier molecular flexibility index (Phi) is 3.42. The molecule has 1 aromatic carbocycles. The van der Waals surface area contributed by atoms with Crippen molar-refractivity contribution in [2.75, 3.05) is 13.1 Å². The highest BCUT2D eigenvalue weighted by atomic mass is 32.1. The molecule has 1 aliphatic rings. The van der Waals surface area contributed by atoms with Crippen LogP contribution >= 0.6 is 11.3 Å². The van der Waals surface area contributed by atoms with E-state index in [9.17, 15) is 4.79 Å². The zero-order chi connectivity index (χ0) is 13.3. The molecule has 1 aromatic heterocycles. The number of hydrogen-bond acceptors (Lipinski definition) is 3. The van der Waals surface area contributed by atoms with E-state index in [0.29, 0.717) is 12.2 Å². The number of rotatable bonds is 4. The van der Waals surface area contributed by atoms with E-state index in [1.54, 1.807) is 11.3 Å². The van der Waals surface area contributed by atoms with E-state index >= 15 is 0 Å². The van der Waals surface area contributed by atoms with E-state index in [1.165, 1.54) is 15.6 Å². The molecule has 3 heteroatoms. The number of Topliss-reactive ketones (excluding diaryl/α,β-unsaturated/α-hetero) is 1. The molecule has 1 aliphatic heterocycles. The van der Waals surface area contributed by atoms with Crippen molar-refractivity contribution in [3.63, 3.8) is 0 Å². The third-order valence-corrected chi connectivity index (χ3v) is 5.44. The van der Waals surface area contributed by atoms with Crippen molar-refractivity contribution in [3.8, 4) is 0 Å². The largest absolute Gasteiger partial charge is 0.316 e. The number of nitrogens with one attached hydrogen (secondary N) is 1. The number of carbonyl (C=O) groups is 1. The van der Waals surface area contributed by atoms with E-state index in [1.807, 2.05) is 0 Å². The highest BCUT2D eigenvalue weighted by molar-refractivity contribution is 7.17. The van der Waals surface area contributed by atoms with Crippen LogP contribution in [0.4, 0.5) is 0 Å². The first-order chi connectivity index (χ1) is 9.25. The minimum Gasteiger partial charge on any atom is -0.316 e. The van der Waals surface area contributed by atoms with Crippen molar-refractivity contribution in [3.05, 3.63) is 35.2 Å². The molecular formula is C16H19NOS. The molecule has 0 radical (unpaired) electrons. The Morgan fingerprint density at radius 3 is 3.00 bits per heavy atom. The van der Waals surface area contributed by atoms with Gasteiger partial charge >= 0.3 is 0 Å². The maximum atomic E-state index is 12.7. The normalized spacial score (nSPS) is 23.0. The first-order valence-electron chi connectivity index (χ1n) is 6.94. The highest BCUT2D eigenvalue weighted by Gasteiger charge is 2.38. The van der Waals surface area contributed by atoms with E-state index in [2.05, 4.69) is 41.9 Å². The molecule has 0 spiro atoms. The summed E-state index contributed by atoms with van der Waals surface area (Å²) in [6.45, 7) is 3.96. The van der Waals surface area contributed by atoms with Crippen LogP contribution in [-0.2, 0) is 11.2 Å². The molecule has 0 amide bonds. The topological polar surface area (TPSA) is 29.1 Å². The van der Waals surface area contributed by atoms with E-state index in [4.69, 9.17) is 0 Å². The molecule has 1 fully saturated rings. The lowest BCUT2D eigenvalue weighted by Crippen LogP contribution is -2.34. The predicted molar refractivity (Wildman–Crippen MR) is 80.7 cm³/mol. The van der Waals surface area contributed by atoms with E-state index in [0.717, 1.165) is 25.9 Å². The lowest BCUT2D eigenvalue weighted by Gasteiger charge is -2.24. The van der Waals surface area contributed by atoms with Gasteiger partial charge in [0, 0.05) is 23.1 Å². The quantitative estimate of drug-likeness (QED) is 0.925. The summed E-state index contributed by atoms with van der Waals surface area (Å²) in [5, 5.41) is 6.74. The highest BCUT2D eigenvalue weighted by Crippen LogP contribution is 2.34. The molecule has 1 atom stereocenters. The fraction of sp³-hybridized carbons (Fsp3) is 0.438. The molecule has 0 aliphatic carbocycles. The van der Waals surface area contributed by atoms with Gasteiger partial charge in [-0.15, -0.1) is 11.3 Å². The number of hydrogen-bond donors (Lipinski definition) is 1. The van der Waals surface area contributed by atoms with E-state index in [-0.39, 0.29) is 5.41 Å². The Balaban J connectivity index is 1.86. The average Bonchev–Trinajstić information content (AvgIpc) is 3.07. The van der Waals surface area contributed by atoms with Crippen molar-refractivity contribution in [1.29, 1.82) is 0 Å². The molecule has 2 aromatic rings. The summed E-state index contributed by atoms with van der Waals surface area (Å²) in [7, 11) is 0. The second-order valence-electron chi connectivity index (χ2n) is 5.42. The summed E-state index contributed by atoms with van der Waals surface area (Å²) >= 11 is 1.74. The Hall–Kier alpha value is -1.19. The third-order valence-electron chi connectivity index (χ3n) is 4.42. The van der Waals surface area contributed by atoms with Crippen molar-refractivity contribution < 1.29 is 4.79 Å². The zero-order valence-electron chi connectivity index (χ0n) is 11.2. The number of thiophene rings is 1. The van der Waals surface area contributed by atoms with Gasteiger partial charge in [0.1, 0.15) is 5.78 Å². The molecule has 19 heavy (non-hydrogen) atoms. The smallest absolute Gasteiger partial charge is 0.144 e. The van der Waals surface area contributed by atoms with Crippen LogP contribution in [0.15, 0.2) is 29.6 Å². The van der Waals surface area contributed by atoms with Crippen molar-refractivity contribution in [2.45, 2.75) is 26.2 Å². The molecule has 0 bridgehead atoms. The molecule has 2 heterocycles. The van der Waals surface area contributed by atoms with Crippen LogP contribution in [-0.4, -0.2) is 18.9 Å². The summed E-state index contributed by atoms with van der Waals surface area (Å²) in [5.41, 5.74) is 1.08. The Morgan fingerprint density at radius 2 is 2.26 bits per heavy atom. The third kappa shape index (κ3) is 2.21. The maximum Gasteiger partial charge on any atom is 0.144 e. The van der Waals surface area contributed by atoms with Crippen LogP contribution in [0.2, 0.25) is 0 Å². The molecule has 1 N–H and O–H groups in total. The lowest BCUT2D eigenvalue weighted by molar-refractivity contribution is -0.127. The molecule has 1 unspecified atom stereocenters. The van der Waals surface area contributed by atoms with Crippen molar-refractivity contribution in [2.24, 2.45) is 5.41 Å².